The van der Waals surface area contributed by atoms with E-state index < -0.39 is 11.9 Å². The summed E-state index contributed by atoms with van der Waals surface area (Å²) >= 11 is 0. The van der Waals surface area contributed by atoms with Gasteiger partial charge in [-0.25, -0.2) is 9.18 Å². The Balaban J connectivity index is 1.74. The lowest BCUT2D eigenvalue weighted by atomic mass is 9.68. The Morgan fingerprint density at radius 3 is 2.61 bits per heavy atom. The standard InChI is InChI=1S/C29H32FNO5/c1-6-35-28(33)25-17(2)31-21-14-29(3,4)15-22(32)27(21)26(25)19-10-11-23(24(13-19)34-5)36-16-18-8-7-9-20(30)12-18/h7-13,26,31H,6,14-16H2,1-5H3/t26-/m1/s1. The highest BCUT2D eigenvalue weighted by Gasteiger charge is 2.43. The molecule has 0 radical (unpaired) electrons. The Morgan fingerprint density at radius 2 is 1.92 bits per heavy atom. The molecule has 2 aromatic rings. The zero-order chi connectivity index (χ0) is 26.0. The Morgan fingerprint density at radius 1 is 1.14 bits per heavy atom. The van der Waals surface area contributed by atoms with Crippen molar-refractivity contribution in [1.29, 1.82) is 0 Å². The number of carbonyl (C=O) groups excluding carboxylic acids is 2. The van der Waals surface area contributed by atoms with Crippen molar-refractivity contribution in [3.05, 3.63) is 81.9 Å². The first-order valence-electron chi connectivity index (χ1n) is 12.1. The SMILES string of the molecule is CCOC(=O)C1=C(C)NC2=C(C(=O)CC(C)(C)C2)[C@@H]1c1ccc(OCc2cccc(F)c2)c(OC)c1. The largest absolute Gasteiger partial charge is 0.493 e. The van der Waals surface area contributed by atoms with E-state index in [0.717, 1.165) is 11.3 Å². The van der Waals surface area contributed by atoms with E-state index in [1.807, 2.05) is 13.0 Å². The first-order valence-corrected chi connectivity index (χ1v) is 12.1. The number of hydrogen-bond acceptors (Lipinski definition) is 6. The Kier molecular flexibility index (Phi) is 7.20. The van der Waals surface area contributed by atoms with Crippen LogP contribution in [0.2, 0.25) is 0 Å². The zero-order valence-electron chi connectivity index (χ0n) is 21.4. The fourth-order valence-electron chi connectivity index (χ4n) is 5.02. The lowest BCUT2D eigenvalue weighted by molar-refractivity contribution is -0.138. The van der Waals surface area contributed by atoms with Crippen LogP contribution in [-0.2, 0) is 20.9 Å². The first kappa shape index (κ1) is 25.5. The van der Waals surface area contributed by atoms with Crippen LogP contribution in [0.25, 0.3) is 0 Å². The van der Waals surface area contributed by atoms with E-state index in [9.17, 15) is 14.0 Å². The Labute approximate surface area is 211 Å². The molecule has 190 valence electrons. The van der Waals surface area contributed by atoms with Gasteiger partial charge in [-0.2, -0.15) is 0 Å². The molecule has 1 aliphatic heterocycles. The van der Waals surface area contributed by atoms with Crippen LogP contribution in [0.4, 0.5) is 4.39 Å². The maximum atomic E-state index is 13.5. The average molecular weight is 494 g/mol. The van der Waals surface area contributed by atoms with Gasteiger partial charge in [0.05, 0.1) is 19.3 Å². The first-order chi connectivity index (χ1) is 17.1. The molecule has 0 fully saturated rings. The van der Waals surface area contributed by atoms with Gasteiger partial charge in [-0.15, -0.1) is 0 Å². The van der Waals surface area contributed by atoms with Crippen LogP contribution in [0.1, 0.15) is 57.6 Å². The van der Waals surface area contributed by atoms with E-state index in [4.69, 9.17) is 14.2 Å². The van der Waals surface area contributed by atoms with Gasteiger partial charge in [-0.3, -0.25) is 4.79 Å². The minimum absolute atomic E-state index is 0.0125. The van der Waals surface area contributed by atoms with Crippen molar-refractivity contribution in [3.8, 4) is 11.5 Å². The lowest BCUT2D eigenvalue weighted by Gasteiger charge is -2.39. The predicted octanol–water partition coefficient (Wildman–Crippen LogP) is 5.58. The second kappa shape index (κ2) is 10.2. The van der Waals surface area contributed by atoms with Gasteiger partial charge >= 0.3 is 5.97 Å². The summed E-state index contributed by atoms with van der Waals surface area (Å²) in [6.07, 6.45) is 1.09. The van der Waals surface area contributed by atoms with E-state index in [2.05, 4.69) is 19.2 Å². The lowest BCUT2D eigenvalue weighted by Crippen LogP contribution is -2.38. The summed E-state index contributed by atoms with van der Waals surface area (Å²) < 4.78 is 30.4. The molecule has 6 nitrogen and oxygen atoms in total. The average Bonchev–Trinajstić information content (AvgIpc) is 2.81. The molecule has 2 aliphatic rings. The molecule has 1 N–H and O–H groups in total. The van der Waals surface area contributed by atoms with Crippen molar-refractivity contribution < 1.29 is 28.2 Å². The third-order valence-corrected chi connectivity index (χ3v) is 6.54. The molecular formula is C29H32FNO5. The summed E-state index contributed by atoms with van der Waals surface area (Å²) in [4.78, 5) is 26.5. The summed E-state index contributed by atoms with van der Waals surface area (Å²) in [5, 5.41) is 3.33. The summed E-state index contributed by atoms with van der Waals surface area (Å²) in [6.45, 7) is 8.12. The van der Waals surface area contributed by atoms with E-state index >= 15 is 0 Å². The molecule has 4 rings (SSSR count). The number of Topliss-reactive ketones (excluding diaryl/α,β-unsaturated/α-hetero) is 1. The predicted molar refractivity (Wildman–Crippen MR) is 134 cm³/mol. The van der Waals surface area contributed by atoms with Crippen molar-refractivity contribution in [2.45, 2.75) is 53.1 Å². The highest BCUT2D eigenvalue weighted by Crippen LogP contribution is 2.48. The summed E-state index contributed by atoms with van der Waals surface area (Å²) in [5.74, 6) is -0.435. The number of halogens is 1. The monoisotopic (exact) mass is 493 g/mol. The van der Waals surface area contributed by atoms with Gasteiger partial charge < -0.3 is 19.5 Å². The maximum absolute atomic E-state index is 13.5. The van der Waals surface area contributed by atoms with E-state index in [-0.39, 0.29) is 30.2 Å². The molecule has 36 heavy (non-hydrogen) atoms. The molecule has 2 aromatic carbocycles. The van der Waals surface area contributed by atoms with Gasteiger partial charge in [0.2, 0.25) is 0 Å². The fraction of sp³-hybridized carbons (Fsp3) is 0.379. The van der Waals surface area contributed by atoms with Crippen molar-refractivity contribution in [1.82, 2.24) is 5.32 Å². The van der Waals surface area contributed by atoms with Gasteiger partial charge in [0.15, 0.2) is 17.3 Å². The van der Waals surface area contributed by atoms with E-state index in [1.165, 1.54) is 19.2 Å². The molecule has 7 heteroatoms. The molecular weight excluding hydrogens is 461 g/mol. The number of carbonyl (C=O) groups is 2. The number of nitrogens with one attached hydrogen (secondary N) is 1. The number of methoxy groups -OCH3 is 1. The second-order valence-corrected chi connectivity index (χ2v) is 9.98. The molecule has 0 unspecified atom stereocenters. The van der Waals surface area contributed by atoms with Crippen LogP contribution in [0, 0.1) is 11.2 Å². The number of ether oxygens (including phenoxy) is 3. The third-order valence-electron chi connectivity index (χ3n) is 6.54. The molecule has 0 amide bonds. The third kappa shape index (κ3) is 5.15. The van der Waals surface area contributed by atoms with Crippen molar-refractivity contribution in [2.24, 2.45) is 5.41 Å². The van der Waals surface area contributed by atoms with Gasteiger partial charge in [0, 0.05) is 29.3 Å². The number of hydrogen-bond donors (Lipinski definition) is 1. The van der Waals surface area contributed by atoms with Crippen LogP contribution in [0.15, 0.2) is 65.0 Å². The molecule has 0 spiro atoms. The van der Waals surface area contributed by atoms with Gasteiger partial charge in [-0.05, 0) is 61.1 Å². The molecule has 1 aliphatic carbocycles. The number of esters is 1. The van der Waals surface area contributed by atoms with Crippen molar-refractivity contribution >= 4 is 11.8 Å². The van der Waals surface area contributed by atoms with Crippen LogP contribution < -0.4 is 14.8 Å². The summed E-state index contributed by atoms with van der Waals surface area (Å²) in [5.41, 5.74) is 3.77. The molecule has 0 aromatic heterocycles. The van der Waals surface area contributed by atoms with Crippen molar-refractivity contribution in [3.63, 3.8) is 0 Å². The number of ketones is 1. The number of rotatable bonds is 7. The Bertz CT molecular complexity index is 1260. The van der Waals surface area contributed by atoms with Gasteiger partial charge in [0.25, 0.3) is 0 Å². The van der Waals surface area contributed by atoms with Crippen LogP contribution in [-0.4, -0.2) is 25.5 Å². The summed E-state index contributed by atoms with van der Waals surface area (Å²) in [7, 11) is 1.53. The molecule has 1 atom stereocenters. The molecule has 0 saturated heterocycles. The van der Waals surface area contributed by atoms with Gasteiger partial charge in [0.1, 0.15) is 12.4 Å². The molecule has 0 saturated carbocycles. The number of dihydropyridines is 1. The van der Waals surface area contributed by atoms with Crippen LogP contribution in [0.3, 0.4) is 0 Å². The van der Waals surface area contributed by atoms with Crippen molar-refractivity contribution in [2.75, 3.05) is 13.7 Å². The number of allylic oxidation sites excluding steroid dienone is 3. The number of benzene rings is 2. The fourth-order valence-corrected chi connectivity index (χ4v) is 5.02. The maximum Gasteiger partial charge on any atom is 0.336 e. The normalized spacial score (nSPS) is 18.9. The quantitative estimate of drug-likeness (QED) is 0.508. The summed E-state index contributed by atoms with van der Waals surface area (Å²) in [6, 6.07) is 11.6. The zero-order valence-corrected chi connectivity index (χ0v) is 21.4. The topological polar surface area (TPSA) is 73.9 Å². The van der Waals surface area contributed by atoms with Crippen LogP contribution in [0.5, 0.6) is 11.5 Å². The smallest absolute Gasteiger partial charge is 0.336 e. The highest BCUT2D eigenvalue weighted by atomic mass is 19.1. The van der Waals surface area contributed by atoms with Gasteiger partial charge in [-0.1, -0.05) is 32.0 Å². The van der Waals surface area contributed by atoms with E-state index in [1.54, 1.807) is 31.2 Å². The Hall–Kier alpha value is -3.61. The molecule has 0 bridgehead atoms. The van der Waals surface area contributed by atoms with Crippen LogP contribution >= 0.6 is 0 Å². The highest BCUT2D eigenvalue weighted by molar-refractivity contribution is 6.04. The minimum Gasteiger partial charge on any atom is -0.493 e. The molecule has 1 heterocycles. The second-order valence-electron chi connectivity index (χ2n) is 9.98. The van der Waals surface area contributed by atoms with E-state index in [0.29, 0.717) is 46.7 Å². The minimum atomic E-state index is -0.588.